The molecule has 6 unspecified atom stereocenters. The Morgan fingerprint density at radius 2 is 2.15 bits per heavy atom. The third kappa shape index (κ3) is 5.25. The molecule has 0 radical (unpaired) electrons. The van der Waals surface area contributed by atoms with E-state index in [0.717, 1.165) is 24.6 Å². The summed E-state index contributed by atoms with van der Waals surface area (Å²) < 4.78 is 24.2. The lowest BCUT2D eigenvalue weighted by molar-refractivity contribution is -0.645. The molecule has 6 atom stereocenters. The van der Waals surface area contributed by atoms with Crippen LogP contribution in [0.4, 0.5) is 4.79 Å². The van der Waals surface area contributed by atoms with Crippen molar-refractivity contribution in [1.29, 1.82) is 0 Å². The highest BCUT2D eigenvalue weighted by molar-refractivity contribution is 7.99. The maximum Gasteiger partial charge on any atom is 0.414 e. The summed E-state index contributed by atoms with van der Waals surface area (Å²) in [5.74, 6) is -0.720. The Kier molecular flexibility index (Phi) is 7.23. The molecule has 1 aromatic rings. The van der Waals surface area contributed by atoms with Crippen LogP contribution >= 0.6 is 11.8 Å². The number of ether oxygens (including phenoxy) is 4. The molecule has 3 fully saturated rings. The first-order valence-corrected chi connectivity index (χ1v) is 12.5. The van der Waals surface area contributed by atoms with Crippen molar-refractivity contribution >= 4 is 23.8 Å². The van der Waals surface area contributed by atoms with E-state index < -0.39 is 29.8 Å². The van der Waals surface area contributed by atoms with Crippen molar-refractivity contribution in [3.8, 4) is 0 Å². The number of alkyl carbamates (subject to hydrolysis) is 1. The van der Waals surface area contributed by atoms with Crippen molar-refractivity contribution in [2.45, 2.75) is 74.6 Å². The molecule has 4 rings (SSSR count). The molecule has 1 aliphatic carbocycles. The van der Waals surface area contributed by atoms with Gasteiger partial charge in [-0.2, -0.15) is 4.73 Å². The van der Waals surface area contributed by atoms with E-state index in [0.29, 0.717) is 22.8 Å². The number of amides is 2. The van der Waals surface area contributed by atoms with Gasteiger partial charge < -0.3 is 24.2 Å². The van der Waals surface area contributed by atoms with Gasteiger partial charge in [0.1, 0.15) is 23.4 Å². The molecule has 1 N–H and O–H groups in total. The van der Waals surface area contributed by atoms with E-state index in [4.69, 9.17) is 18.9 Å². The lowest BCUT2D eigenvalue weighted by Gasteiger charge is -2.42. The molecular formula is C24H32N2O7S. The van der Waals surface area contributed by atoms with Crippen LogP contribution in [-0.2, 0) is 23.7 Å². The van der Waals surface area contributed by atoms with Crippen molar-refractivity contribution in [2.75, 3.05) is 19.5 Å². The largest absolute Gasteiger partial charge is 0.618 e. The number of aromatic nitrogens is 1. The standard InChI is InChI=1S/C24H32N2O7S/c1-15(2)8-9-17-23(3,33-17)21-20(30-4)16(10-11-24(21)14-31-24)32-22(28)25-18(27)13-34-19-7-5-6-12-26(19)29/h5-8,12,16-17,20-21H,9-11,13-14H2,1-4H3,(H,25,27,28). The monoisotopic (exact) mass is 492 g/mol. The van der Waals surface area contributed by atoms with Gasteiger partial charge in [0.15, 0.2) is 6.20 Å². The minimum absolute atomic E-state index is 0.0547. The first-order chi connectivity index (χ1) is 16.2. The van der Waals surface area contributed by atoms with Crippen LogP contribution in [0.15, 0.2) is 41.1 Å². The van der Waals surface area contributed by atoms with Crippen LogP contribution in [0.3, 0.4) is 0 Å². The number of rotatable bonds is 8. The van der Waals surface area contributed by atoms with Gasteiger partial charge in [0.05, 0.1) is 24.4 Å². The number of nitrogens with zero attached hydrogens (tertiary/aromatic N) is 1. The van der Waals surface area contributed by atoms with Crippen LogP contribution < -0.4 is 10.0 Å². The lowest BCUT2D eigenvalue weighted by Crippen LogP contribution is -2.56. The third-order valence-corrected chi connectivity index (χ3v) is 7.90. The highest BCUT2D eigenvalue weighted by atomic mass is 32.2. The van der Waals surface area contributed by atoms with Crippen LogP contribution in [0.1, 0.15) is 40.0 Å². The molecule has 0 bridgehead atoms. The number of hydrogen-bond donors (Lipinski definition) is 1. The van der Waals surface area contributed by atoms with E-state index >= 15 is 0 Å². The molecule has 34 heavy (non-hydrogen) atoms. The number of allylic oxidation sites excluding steroid dienone is 1. The zero-order valence-electron chi connectivity index (χ0n) is 19.9. The Labute approximate surface area is 203 Å². The van der Waals surface area contributed by atoms with Crippen LogP contribution in [0.25, 0.3) is 0 Å². The highest BCUT2D eigenvalue weighted by Gasteiger charge is 2.72. The summed E-state index contributed by atoms with van der Waals surface area (Å²) in [4.78, 5) is 24.7. The SMILES string of the molecule is COC1C(OC(=O)NC(=O)CSc2cccc[n+]2[O-])CCC2(CO2)C1C1(C)OC1CC=C(C)C. The maximum atomic E-state index is 12.5. The molecule has 3 aliphatic rings. The Bertz CT molecular complexity index is 962. The van der Waals surface area contributed by atoms with Gasteiger partial charge in [0, 0.05) is 19.2 Å². The molecule has 9 nitrogen and oxygen atoms in total. The molecule has 2 aliphatic heterocycles. The second-order valence-corrected chi connectivity index (χ2v) is 10.5. The predicted octanol–water partition coefficient (Wildman–Crippen LogP) is 2.74. The van der Waals surface area contributed by atoms with E-state index in [9.17, 15) is 14.8 Å². The minimum atomic E-state index is -0.824. The molecular weight excluding hydrogens is 460 g/mol. The zero-order valence-corrected chi connectivity index (χ0v) is 20.8. The van der Waals surface area contributed by atoms with Crippen molar-refractivity contribution in [1.82, 2.24) is 5.32 Å². The number of carbonyl (C=O) groups is 2. The number of carbonyl (C=O) groups excluding carboxylic acids is 2. The summed E-state index contributed by atoms with van der Waals surface area (Å²) in [5.41, 5.74) is 0.485. The number of imide groups is 1. The van der Waals surface area contributed by atoms with E-state index in [1.54, 1.807) is 25.3 Å². The van der Waals surface area contributed by atoms with Gasteiger partial charge in [-0.3, -0.25) is 10.1 Å². The Morgan fingerprint density at radius 3 is 2.79 bits per heavy atom. The van der Waals surface area contributed by atoms with Crippen LogP contribution in [0, 0.1) is 11.1 Å². The smallest absolute Gasteiger partial charge is 0.414 e. The number of nitrogens with one attached hydrogen (secondary N) is 1. The van der Waals surface area contributed by atoms with Gasteiger partial charge in [0.25, 0.3) is 5.03 Å². The van der Waals surface area contributed by atoms with E-state index in [-0.39, 0.29) is 23.4 Å². The average molecular weight is 493 g/mol. The molecule has 2 saturated heterocycles. The molecule has 3 heterocycles. The Morgan fingerprint density at radius 1 is 1.38 bits per heavy atom. The third-order valence-electron chi connectivity index (χ3n) is 6.88. The number of hydrogen-bond acceptors (Lipinski definition) is 8. The summed E-state index contributed by atoms with van der Waals surface area (Å²) >= 11 is 1.04. The summed E-state index contributed by atoms with van der Waals surface area (Å²) in [6.07, 6.45) is 3.90. The van der Waals surface area contributed by atoms with Crippen LogP contribution in [0.5, 0.6) is 0 Å². The first-order valence-electron chi connectivity index (χ1n) is 11.5. The van der Waals surface area contributed by atoms with Gasteiger partial charge in [-0.15, -0.1) is 0 Å². The predicted molar refractivity (Wildman–Crippen MR) is 124 cm³/mol. The fraction of sp³-hybridized carbons (Fsp3) is 0.625. The fourth-order valence-electron chi connectivity index (χ4n) is 5.05. The van der Waals surface area contributed by atoms with Gasteiger partial charge in [-0.1, -0.05) is 11.6 Å². The number of epoxide rings is 2. The van der Waals surface area contributed by atoms with E-state index in [1.807, 2.05) is 0 Å². The fourth-order valence-corrected chi connectivity index (χ4v) is 5.77. The minimum Gasteiger partial charge on any atom is -0.618 e. The molecule has 2 amide bonds. The van der Waals surface area contributed by atoms with Gasteiger partial charge in [0.2, 0.25) is 5.91 Å². The number of methoxy groups -OCH3 is 1. The Balaban J connectivity index is 1.35. The molecule has 0 aromatic carbocycles. The van der Waals surface area contributed by atoms with E-state index in [2.05, 4.69) is 32.2 Å². The summed E-state index contributed by atoms with van der Waals surface area (Å²) in [6, 6.07) is 4.92. The normalized spacial score (nSPS) is 33.8. The zero-order chi connectivity index (χ0) is 24.5. The summed E-state index contributed by atoms with van der Waals surface area (Å²) in [7, 11) is 1.60. The number of thioether (sulfide) groups is 1. The lowest BCUT2D eigenvalue weighted by atomic mass is 9.68. The van der Waals surface area contributed by atoms with Gasteiger partial charge in [-0.05, 0) is 57.9 Å². The molecule has 1 saturated carbocycles. The van der Waals surface area contributed by atoms with Crippen molar-refractivity contribution in [3.05, 3.63) is 41.3 Å². The van der Waals surface area contributed by atoms with Gasteiger partial charge in [-0.25, -0.2) is 4.79 Å². The number of pyridine rings is 1. The van der Waals surface area contributed by atoms with Crippen LogP contribution in [-0.4, -0.2) is 61.0 Å². The second kappa shape index (κ2) is 9.85. The maximum absolute atomic E-state index is 12.5. The van der Waals surface area contributed by atoms with Crippen molar-refractivity contribution < 1.29 is 33.3 Å². The van der Waals surface area contributed by atoms with Gasteiger partial charge >= 0.3 is 6.09 Å². The topological polar surface area (TPSA) is 117 Å². The summed E-state index contributed by atoms with van der Waals surface area (Å²) in [5, 5.41) is 14.3. The molecule has 10 heteroatoms. The highest BCUT2D eigenvalue weighted by Crippen LogP contribution is 2.59. The first kappa shape index (κ1) is 25.0. The van der Waals surface area contributed by atoms with E-state index in [1.165, 1.54) is 11.8 Å². The average Bonchev–Trinajstić information content (AvgIpc) is 3.70. The van der Waals surface area contributed by atoms with Crippen molar-refractivity contribution in [3.63, 3.8) is 0 Å². The molecule has 1 spiro atoms. The van der Waals surface area contributed by atoms with Crippen LogP contribution in [0.2, 0.25) is 0 Å². The Hall–Kier alpha value is -2.14. The molecule has 186 valence electrons. The summed E-state index contributed by atoms with van der Waals surface area (Å²) in [6.45, 7) is 6.83. The quantitative estimate of drug-likeness (QED) is 0.194. The van der Waals surface area contributed by atoms with Crippen molar-refractivity contribution in [2.24, 2.45) is 5.92 Å². The molecule has 1 aromatic heterocycles. The second-order valence-electron chi connectivity index (χ2n) is 9.52.